The van der Waals surface area contributed by atoms with E-state index in [9.17, 15) is 9.90 Å². The van der Waals surface area contributed by atoms with Gasteiger partial charge in [-0.15, -0.1) is 0 Å². The molecule has 0 amide bonds. The molecule has 21 heavy (non-hydrogen) atoms. The Balaban J connectivity index is 2.37. The van der Waals surface area contributed by atoms with Crippen LogP contribution < -0.4 is 5.43 Å². The van der Waals surface area contributed by atoms with E-state index in [0.29, 0.717) is 37.4 Å². The van der Waals surface area contributed by atoms with Crippen molar-refractivity contribution in [3.63, 3.8) is 0 Å². The van der Waals surface area contributed by atoms with Crippen molar-refractivity contribution in [2.24, 2.45) is 0 Å². The zero-order valence-corrected chi connectivity index (χ0v) is 13.3. The van der Waals surface area contributed by atoms with Crippen LogP contribution in [-0.4, -0.2) is 5.11 Å². The average Bonchev–Trinajstić information content (AvgIpc) is 2.46. The van der Waals surface area contributed by atoms with Crippen molar-refractivity contribution in [2.45, 2.75) is 6.92 Å². The van der Waals surface area contributed by atoms with Gasteiger partial charge in [0.05, 0.1) is 14.9 Å². The molecule has 0 saturated carbocycles. The molecular formula is C16H10BrClO3. The minimum Gasteiger partial charge on any atom is -0.507 e. The van der Waals surface area contributed by atoms with Crippen molar-refractivity contribution in [3.05, 3.63) is 61.7 Å². The van der Waals surface area contributed by atoms with E-state index in [0.717, 1.165) is 0 Å². The highest BCUT2D eigenvalue weighted by Crippen LogP contribution is 2.33. The Hall–Kier alpha value is -1.78. The van der Waals surface area contributed by atoms with Crippen LogP contribution in [0.4, 0.5) is 0 Å². The first-order valence-electron chi connectivity index (χ1n) is 6.20. The Morgan fingerprint density at radius 1 is 1.24 bits per heavy atom. The fraction of sp³-hybridized carbons (Fsp3) is 0.0625. The Labute approximate surface area is 133 Å². The Kier molecular flexibility index (Phi) is 3.51. The van der Waals surface area contributed by atoms with E-state index in [-0.39, 0.29) is 11.2 Å². The molecule has 0 fully saturated rings. The van der Waals surface area contributed by atoms with Gasteiger partial charge in [-0.25, -0.2) is 0 Å². The molecule has 0 radical (unpaired) electrons. The van der Waals surface area contributed by atoms with Crippen molar-refractivity contribution in [1.82, 2.24) is 0 Å². The molecule has 3 aromatic rings. The summed E-state index contributed by atoms with van der Waals surface area (Å²) in [6.45, 7) is 1.71. The number of benzene rings is 2. The van der Waals surface area contributed by atoms with Gasteiger partial charge in [-0.3, -0.25) is 4.79 Å². The quantitative estimate of drug-likeness (QED) is 0.668. The molecule has 2 aromatic carbocycles. The van der Waals surface area contributed by atoms with E-state index in [1.54, 1.807) is 37.3 Å². The number of fused-ring (bicyclic) bond motifs is 1. The van der Waals surface area contributed by atoms with Gasteiger partial charge in [-0.2, -0.15) is 0 Å². The smallest absolute Gasteiger partial charge is 0.196 e. The third-order valence-corrected chi connectivity index (χ3v) is 4.24. The number of hydrogen-bond donors (Lipinski definition) is 1. The van der Waals surface area contributed by atoms with Crippen molar-refractivity contribution in [1.29, 1.82) is 0 Å². The molecule has 1 heterocycles. The summed E-state index contributed by atoms with van der Waals surface area (Å²) in [5.74, 6) is 0.568. The van der Waals surface area contributed by atoms with Gasteiger partial charge in [0, 0.05) is 11.1 Å². The maximum Gasteiger partial charge on any atom is 0.196 e. The van der Waals surface area contributed by atoms with Crippen LogP contribution in [0.25, 0.3) is 22.3 Å². The van der Waals surface area contributed by atoms with Crippen LogP contribution >= 0.6 is 27.5 Å². The van der Waals surface area contributed by atoms with Crippen LogP contribution in [-0.2, 0) is 0 Å². The van der Waals surface area contributed by atoms with E-state index in [4.69, 9.17) is 16.0 Å². The first-order valence-corrected chi connectivity index (χ1v) is 7.37. The van der Waals surface area contributed by atoms with Crippen molar-refractivity contribution in [3.8, 4) is 17.1 Å². The monoisotopic (exact) mass is 364 g/mol. The van der Waals surface area contributed by atoms with E-state index < -0.39 is 0 Å². The van der Waals surface area contributed by atoms with Crippen LogP contribution in [0.5, 0.6) is 5.75 Å². The fourth-order valence-electron chi connectivity index (χ4n) is 2.20. The summed E-state index contributed by atoms with van der Waals surface area (Å²) in [5, 5.41) is 10.4. The van der Waals surface area contributed by atoms with Gasteiger partial charge in [0.1, 0.15) is 11.5 Å². The summed E-state index contributed by atoms with van der Waals surface area (Å²) in [6.07, 6.45) is 0. The Morgan fingerprint density at radius 2 is 2.00 bits per heavy atom. The molecule has 0 unspecified atom stereocenters. The van der Waals surface area contributed by atoms with Gasteiger partial charge >= 0.3 is 0 Å². The first kappa shape index (κ1) is 14.2. The number of halogens is 2. The first-order chi connectivity index (χ1) is 9.99. The molecule has 0 aliphatic heterocycles. The Morgan fingerprint density at radius 3 is 2.71 bits per heavy atom. The highest BCUT2D eigenvalue weighted by atomic mass is 79.9. The van der Waals surface area contributed by atoms with Crippen LogP contribution in [0.3, 0.4) is 0 Å². The van der Waals surface area contributed by atoms with Gasteiger partial charge < -0.3 is 9.52 Å². The lowest BCUT2D eigenvalue weighted by Gasteiger charge is -2.09. The minimum absolute atomic E-state index is 0.113. The maximum atomic E-state index is 12.4. The van der Waals surface area contributed by atoms with Crippen LogP contribution in [0.1, 0.15) is 5.56 Å². The zero-order valence-electron chi connectivity index (χ0n) is 11.0. The molecule has 5 heteroatoms. The Bertz CT molecular complexity index is 915. The maximum absolute atomic E-state index is 12.4. The number of hydrogen-bond acceptors (Lipinski definition) is 3. The predicted molar refractivity (Wildman–Crippen MR) is 87.0 cm³/mol. The van der Waals surface area contributed by atoms with Crippen LogP contribution in [0.2, 0.25) is 5.02 Å². The number of para-hydroxylation sites is 1. The van der Waals surface area contributed by atoms with Crippen molar-refractivity contribution in [2.75, 3.05) is 0 Å². The summed E-state index contributed by atoms with van der Waals surface area (Å²) < 4.78 is 6.38. The van der Waals surface area contributed by atoms with E-state index in [1.165, 1.54) is 6.07 Å². The summed E-state index contributed by atoms with van der Waals surface area (Å²) in [5.41, 5.74) is 1.45. The summed E-state index contributed by atoms with van der Waals surface area (Å²) in [6, 6.07) is 10.0. The standard InChI is InChI=1S/C16H10BrClO3/c1-8-14(20)10-3-2-4-12(18)16(10)21-15(8)9-5-6-13(19)11(17)7-9/h2-7,19H,1H3. The molecule has 0 atom stereocenters. The lowest BCUT2D eigenvalue weighted by Crippen LogP contribution is -2.07. The SMILES string of the molecule is Cc1c(-c2ccc(O)c(Br)c2)oc2c(Cl)cccc2c1=O. The molecule has 0 aliphatic carbocycles. The highest BCUT2D eigenvalue weighted by molar-refractivity contribution is 9.10. The van der Waals surface area contributed by atoms with Crippen molar-refractivity contribution >= 4 is 38.5 Å². The molecular weight excluding hydrogens is 356 g/mol. The normalized spacial score (nSPS) is 11.0. The second-order valence-corrected chi connectivity index (χ2v) is 5.93. The van der Waals surface area contributed by atoms with Crippen LogP contribution in [0, 0.1) is 6.92 Å². The predicted octanol–water partition coefficient (Wildman–Crippen LogP) is 4.89. The molecule has 0 saturated heterocycles. The molecule has 0 aliphatic rings. The number of phenols is 1. The largest absolute Gasteiger partial charge is 0.507 e. The second kappa shape index (κ2) is 5.20. The molecule has 3 rings (SSSR count). The lowest BCUT2D eigenvalue weighted by atomic mass is 10.1. The number of rotatable bonds is 1. The number of aromatic hydroxyl groups is 1. The topological polar surface area (TPSA) is 50.4 Å². The summed E-state index contributed by atoms with van der Waals surface area (Å²) in [7, 11) is 0. The highest BCUT2D eigenvalue weighted by Gasteiger charge is 2.15. The third-order valence-electron chi connectivity index (χ3n) is 3.31. The zero-order chi connectivity index (χ0) is 15.1. The molecule has 1 N–H and O–H groups in total. The van der Waals surface area contributed by atoms with E-state index >= 15 is 0 Å². The summed E-state index contributed by atoms with van der Waals surface area (Å²) in [4.78, 5) is 12.4. The molecule has 0 spiro atoms. The second-order valence-electron chi connectivity index (χ2n) is 4.67. The third kappa shape index (κ3) is 2.34. The summed E-state index contributed by atoms with van der Waals surface area (Å²) >= 11 is 9.37. The fourth-order valence-corrected chi connectivity index (χ4v) is 2.79. The molecule has 1 aromatic heterocycles. The van der Waals surface area contributed by atoms with Gasteiger partial charge in [0.25, 0.3) is 0 Å². The van der Waals surface area contributed by atoms with E-state index in [2.05, 4.69) is 15.9 Å². The van der Waals surface area contributed by atoms with Gasteiger partial charge in [0.2, 0.25) is 0 Å². The van der Waals surface area contributed by atoms with Crippen molar-refractivity contribution < 1.29 is 9.52 Å². The van der Waals surface area contributed by atoms with Gasteiger partial charge in [-0.1, -0.05) is 17.7 Å². The lowest BCUT2D eigenvalue weighted by molar-refractivity contribution is 0.472. The van der Waals surface area contributed by atoms with Gasteiger partial charge in [-0.05, 0) is 53.2 Å². The van der Waals surface area contributed by atoms with E-state index in [1.807, 2.05) is 0 Å². The molecule has 0 bridgehead atoms. The average molecular weight is 366 g/mol. The van der Waals surface area contributed by atoms with Crippen LogP contribution in [0.15, 0.2) is 50.1 Å². The minimum atomic E-state index is -0.113. The number of phenolic OH excluding ortho intramolecular Hbond substituents is 1. The molecule has 3 nitrogen and oxygen atoms in total. The van der Waals surface area contributed by atoms with Gasteiger partial charge in [0.15, 0.2) is 11.0 Å². The molecule has 106 valence electrons.